The molecule has 5 heteroatoms. The molecular weight excluding hydrogens is 266 g/mol. The van der Waals surface area contributed by atoms with Crippen molar-refractivity contribution in [2.45, 2.75) is 25.8 Å². The van der Waals surface area contributed by atoms with Crippen molar-refractivity contribution in [2.24, 2.45) is 0 Å². The quantitative estimate of drug-likeness (QED) is 0.679. The predicted molar refractivity (Wildman–Crippen MR) is 85.7 cm³/mol. The van der Waals surface area contributed by atoms with Crippen LogP contribution in [0.15, 0.2) is 18.2 Å². The van der Waals surface area contributed by atoms with Crippen LogP contribution in [-0.2, 0) is 4.74 Å². The van der Waals surface area contributed by atoms with E-state index in [-0.39, 0.29) is 5.97 Å². The number of hydrogen-bond acceptors (Lipinski definition) is 5. The first-order chi connectivity index (χ1) is 10.1. The molecule has 0 amide bonds. The fraction of sp³-hybridized carbons (Fsp3) is 0.562. The molecule has 2 N–H and O–H groups in total. The third-order valence-electron chi connectivity index (χ3n) is 4.38. The molecule has 0 radical (unpaired) electrons. The van der Waals surface area contributed by atoms with E-state index in [1.807, 2.05) is 6.07 Å². The Labute approximate surface area is 126 Å². The summed E-state index contributed by atoms with van der Waals surface area (Å²) in [5, 5.41) is 0. The number of piperidine rings is 1. The number of carbonyl (C=O) groups is 1. The summed E-state index contributed by atoms with van der Waals surface area (Å²) in [7, 11) is 3.45. The summed E-state index contributed by atoms with van der Waals surface area (Å²) in [6.07, 6.45) is 2.23. The molecule has 0 saturated carbocycles. The molecule has 116 valence electrons. The van der Waals surface area contributed by atoms with Gasteiger partial charge in [-0.25, -0.2) is 4.79 Å². The van der Waals surface area contributed by atoms with Crippen LogP contribution < -0.4 is 10.6 Å². The zero-order valence-corrected chi connectivity index (χ0v) is 13.1. The lowest BCUT2D eigenvalue weighted by Gasteiger charge is -2.38. The van der Waals surface area contributed by atoms with Crippen LogP contribution in [0.25, 0.3) is 0 Å². The van der Waals surface area contributed by atoms with Crippen molar-refractivity contribution < 1.29 is 9.53 Å². The van der Waals surface area contributed by atoms with E-state index < -0.39 is 0 Å². The van der Waals surface area contributed by atoms with Crippen molar-refractivity contribution in [1.29, 1.82) is 0 Å². The summed E-state index contributed by atoms with van der Waals surface area (Å²) in [6, 6.07) is 5.77. The highest BCUT2D eigenvalue weighted by Crippen LogP contribution is 2.28. The number of hydrogen-bond donors (Lipinski definition) is 1. The molecule has 1 heterocycles. The third kappa shape index (κ3) is 3.47. The van der Waals surface area contributed by atoms with Gasteiger partial charge in [0.15, 0.2) is 0 Å². The van der Waals surface area contributed by atoms with Gasteiger partial charge in [0, 0.05) is 26.2 Å². The Hall–Kier alpha value is -1.75. The van der Waals surface area contributed by atoms with Crippen LogP contribution >= 0.6 is 0 Å². The molecule has 0 bridgehead atoms. The fourth-order valence-corrected chi connectivity index (χ4v) is 2.91. The summed E-state index contributed by atoms with van der Waals surface area (Å²) in [6.45, 7) is 5.53. The third-order valence-corrected chi connectivity index (χ3v) is 4.38. The van der Waals surface area contributed by atoms with Crippen LogP contribution in [0.2, 0.25) is 0 Å². The lowest BCUT2D eigenvalue weighted by Crippen LogP contribution is -2.43. The highest BCUT2D eigenvalue weighted by atomic mass is 16.5. The number of esters is 1. The Kier molecular flexibility index (Phi) is 5.07. The average Bonchev–Trinajstić information content (AvgIpc) is 2.54. The number of ether oxygens (including phenoxy) is 1. The molecule has 1 aliphatic heterocycles. The van der Waals surface area contributed by atoms with Gasteiger partial charge in [0.25, 0.3) is 0 Å². The van der Waals surface area contributed by atoms with Crippen molar-refractivity contribution in [2.75, 3.05) is 44.4 Å². The van der Waals surface area contributed by atoms with E-state index in [1.165, 1.54) is 7.11 Å². The van der Waals surface area contributed by atoms with Crippen LogP contribution in [0.1, 0.15) is 30.1 Å². The first kappa shape index (κ1) is 15.6. The Balaban J connectivity index is 2.15. The van der Waals surface area contributed by atoms with Crippen molar-refractivity contribution in [3.8, 4) is 0 Å². The molecular formula is C16H25N3O2. The lowest BCUT2D eigenvalue weighted by atomic mass is 10.0. The summed E-state index contributed by atoms with van der Waals surface area (Å²) in [4.78, 5) is 16.3. The molecule has 0 aromatic heterocycles. The Morgan fingerprint density at radius 2 is 2.10 bits per heavy atom. The maximum atomic E-state index is 11.7. The van der Waals surface area contributed by atoms with Crippen molar-refractivity contribution >= 4 is 17.3 Å². The van der Waals surface area contributed by atoms with Gasteiger partial charge >= 0.3 is 5.97 Å². The average molecular weight is 291 g/mol. The molecule has 0 spiro atoms. The first-order valence-electron chi connectivity index (χ1n) is 7.49. The molecule has 1 fully saturated rings. The standard InChI is InChI=1S/C16H25N3O2/c1-4-19-9-7-13(8-10-19)18(2)15-11-12(16(20)21-3)5-6-14(15)17/h5-6,11,13H,4,7-10,17H2,1-3H3. The summed E-state index contributed by atoms with van der Waals surface area (Å²) >= 11 is 0. The molecule has 21 heavy (non-hydrogen) atoms. The second-order valence-electron chi connectivity index (χ2n) is 5.54. The van der Waals surface area contributed by atoms with Gasteiger partial charge in [-0.1, -0.05) is 6.92 Å². The minimum absolute atomic E-state index is 0.328. The normalized spacial score (nSPS) is 16.7. The monoisotopic (exact) mass is 291 g/mol. The number of nitrogen functional groups attached to an aromatic ring is 1. The van der Waals surface area contributed by atoms with Crippen molar-refractivity contribution in [3.05, 3.63) is 23.8 Å². The fourth-order valence-electron chi connectivity index (χ4n) is 2.91. The summed E-state index contributed by atoms with van der Waals surface area (Å²) in [5.41, 5.74) is 8.24. The minimum Gasteiger partial charge on any atom is -0.465 e. The lowest BCUT2D eigenvalue weighted by molar-refractivity contribution is 0.0601. The largest absolute Gasteiger partial charge is 0.465 e. The molecule has 2 rings (SSSR count). The van der Waals surface area contributed by atoms with E-state index in [9.17, 15) is 4.79 Å². The Bertz CT molecular complexity index is 496. The molecule has 0 unspecified atom stereocenters. The van der Waals surface area contributed by atoms with Gasteiger partial charge in [-0.05, 0) is 37.6 Å². The van der Waals surface area contributed by atoms with E-state index in [1.54, 1.807) is 12.1 Å². The molecule has 5 nitrogen and oxygen atoms in total. The number of nitrogens with zero attached hydrogens (tertiary/aromatic N) is 2. The van der Waals surface area contributed by atoms with E-state index >= 15 is 0 Å². The second-order valence-corrected chi connectivity index (χ2v) is 5.54. The summed E-state index contributed by atoms with van der Waals surface area (Å²) in [5.74, 6) is -0.328. The number of methoxy groups -OCH3 is 1. The van der Waals surface area contributed by atoms with E-state index in [4.69, 9.17) is 10.5 Å². The molecule has 1 aromatic carbocycles. The van der Waals surface area contributed by atoms with Gasteiger partial charge < -0.3 is 20.3 Å². The minimum atomic E-state index is -0.328. The van der Waals surface area contributed by atoms with Crippen LogP contribution in [0.5, 0.6) is 0 Å². The van der Waals surface area contributed by atoms with Gasteiger partial charge in [0.05, 0.1) is 24.0 Å². The van der Waals surface area contributed by atoms with Gasteiger partial charge in [0.1, 0.15) is 0 Å². The number of rotatable bonds is 4. The van der Waals surface area contributed by atoms with Crippen LogP contribution in [0.4, 0.5) is 11.4 Å². The maximum absolute atomic E-state index is 11.7. The van der Waals surface area contributed by atoms with E-state index in [2.05, 4.69) is 23.8 Å². The van der Waals surface area contributed by atoms with Crippen molar-refractivity contribution in [3.63, 3.8) is 0 Å². The van der Waals surface area contributed by atoms with Crippen LogP contribution in [0.3, 0.4) is 0 Å². The zero-order valence-electron chi connectivity index (χ0n) is 13.1. The molecule has 1 aromatic rings. The highest BCUT2D eigenvalue weighted by molar-refractivity contribution is 5.92. The van der Waals surface area contributed by atoms with E-state index in [0.717, 1.165) is 38.2 Å². The zero-order chi connectivity index (χ0) is 15.4. The topological polar surface area (TPSA) is 58.8 Å². The SMILES string of the molecule is CCN1CCC(N(C)c2cc(C(=O)OC)ccc2N)CC1. The summed E-state index contributed by atoms with van der Waals surface area (Å²) < 4.78 is 4.78. The number of carbonyl (C=O) groups excluding carboxylic acids is 1. The van der Waals surface area contributed by atoms with Gasteiger partial charge in [-0.3, -0.25) is 0 Å². The van der Waals surface area contributed by atoms with Gasteiger partial charge in [0.2, 0.25) is 0 Å². The highest BCUT2D eigenvalue weighted by Gasteiger charge is 2.23. The van der Waals surface area contributed by atoms with Crippen molar-refractivity contribution in [1.82, 2.24) is 4.90 Å². The van der Waals surface area contributed by atoms with Gasteiger partial charge in [-0.2, -0.15) is 0 Å². The number of benzene rings is 1. The predicted octanol–water partition coefficient (Wildman–Crippen LogP) is 1.98. The smallest absolute Gasteiger partial charge is 0.337 e. The maximum Gasteiger partial charge on any atom is 0.337 e. The number of anilines is 2. The molecule has 0 atom stereocenters. The van der Waals surface area contributed by atoms with E-state index in [0.29, 0.717) is 17.3 Å². The first-order valence-corrected chi connectivity index (χ1v) is 7.49. The second kappa shape index (κ2) is 6.80. The Morgan fingerprint density at radius 1 is 1.43 bits per heavy atom. The van der Waals surface area contributed by atoms with Crippen LogP contribution in [-0.4, -0.2) is 50.7 Å². The molecule has 1 aliphatic rings. The number of likely N-dealkylation sites (tertiary alicyclic amines) is 1. The van der Waals surface area contributed by atoms with Crippen LogP contribution in [0, 0.1) is 0 Å². The molecule has 0 aliphatic carbocycles. The number of nitrogens with two attached hydrogens (primary N) is 1. The van der Waals surface area contributed by atoms with Gasteiger partial charge in [-0.15, -0.1) is 0 Å². The molecule has 1 saturated heterocycles. The Morgan fingerprint density at radius 3 is 2.67 bits per heavy atom.